The van der Waals surface area contributed by atoms with Crippen molar-refractivity contribution < 1.29 is 24.2 Å². The molecule has 4 N–H and O–H groups in total. The molecular weight excluding hydrogens is 644 g/mol. The molecule has 0 fully saturated rings. The van der Waals surface area contributed by atoms with Crippen molar-refractivity contribution in [2.45, 2.75) is 83.8 Å². The summed E-state index contributed by atoms with van der Waals surface area (Å²) in [5.41, 5.74) is 4.32. The SMILES string of the molecule is CCc1cccc(CN(C)C(=O)NC(C(=O)N[C@@H](Cc2ccccc2)[C@@H](O)C[C@H](Cc2ccccc2)NC(=O)OCc2cccnc2)C(C)C)n1. The number of aryl methyl sites for hydroxylation is 1. The monoisotopic (exact) mass is 694 g/mol. The van der Waals surface area contributed by atoms with Crippen LogP contribution in [0.4, 0.5) is 9.59 Å². The number of aliphatic hydroxyl groups is 1. The Kier molecular flexibility index (Phi) is 14.9. The lowest BCUT2D eigenvalue weighted by Gasteiger charge is -2.31. The zero-order chi connectivity index (χ0) is 36.6. The summed E-state index contributed by atoms with van der Waals surface area (Å²) in [7, 11) is 1.66. The molecule has 2 aromatic heterocycles. The standard InChI is InChI=1S/C40H50N6O5/c1-5-32-19-12-20-33(42-32)26-46(4)39(49)45-37(28(2)3)38(48)44-35(23-30-16-10-7-11-17-30)36(47)24-34(22-29-14-8-6-9-15-29)43-40(50)51-27-31-18-13-21-41-25-31/h6-21,25,28,34-37,47H,5,22-24,26-27H2,1-4H3,(H,43,50)(H,44,48)(H,45,49)/t34-,35-,36-,37?/m0/s1. The number of ether oxygens (including phenoxy) is 1. The van der Waals surface area contributed by atoms with Crippen molar-refractivity contribution in [1.82, 2.24) is 30.8 Å². The van der Waals surface area contributed by atoms with Crippen LogP contribution in [-0.4, -0.2) is 69.3 Å². The first kappa shape index (κ1) is 38.5. The minimum Gasteiger partial charge on any atom is -0.445 e. The largest absolute Gasteiger partial charge is 0.445 e. The van der Waals surface area contributed by atoms with Crippen LogP contribution in [0.5, 0.6) is 0 Å². The zero-order valence-corrected chi connectivity index (χ0v) is 29.9. The number of alkyl carbamates (subject to hydrolysis) is 1. The van der Waals surface area contributed by atoms with Gasteiger partial charge < -0.3 is 30.7 Å². The van der Waals surface area contributed by atoms with Crippen molar-refractivity contribution in [2.24, 2.45) is 5.92 Å². The minimum atomic E-state index is -1.07. The third-order valence-corrected chi connectivity index (χ3v) is 8.56. The molecular formula is C40H50N6O5. The fraction of sp³-hybridized carbons (Fsp3) is 0.375. The van der Waals surface area contributed by atoms with E-state index in [1.807, 2.05) is 106 Å². The molecule has 11 heteroatoms. The van der Waals surface area contributed by atoms with E-state index in [0.29, 0.717) is 12.8 Å². The van der Waals surface area contributed by atoms with Gasteiger partial charge in [-0.2, -0.15) is 0 Å². The number of hydrogen-bond acceptors (Lipinski definition) is 7. The number of aliphatic hydroxyl groups excluding tert-OH is 1. The maximum Gasteiger partial charge on any atom is 0.407 e. The van der Waals surface area contributed by atoms with Crippen molar-refractivity contribution in [3.8, 4) is 0 Å². The van der Waals surface area contributed by atoms with Gasteiger partial charge in [0.15, 0.2) is 0 Å². The molecule has 4 atom stereocenters. The van der Waals surface area contributed by atoms with Crippen molar-refractivity contribution in [1.29, 1.82) is 0 Å². The van der Waals surface area contributed by atoms with Gasteiger partial charge in [0.05, 0.1) is 24.4 Å². The first-order valence-electron chi connectivity index (χ1n) is 17.5. The molecule has 51 heavy (non-hydrogen) atoms. The molecule has 4 rings (SSSR count). The second kappa shape index (κ2) is 19.8. The number of carbonyl (C=O) groups is 3. The Morgan fingerprint density at radius 1 is 0.804 bits per heavy atom. The van der Waals surface area contributed by atoms with Gasteiger partial charge in [0, 0.05) is 36.7 Å². The Bertz CT molecular complexity index is 1660. The lowest BCUT2D eigenvalue weighted by molar-refractivity contribution is -0.125. The highest BCUT2D eigenvalue weighted by Gasteiger charge is 2.31. The molecule has 4 aromatic rings. The van der Waals surface area contributed by atoms with Crippen LogP contribution in [0.1, 0.15) is 55.3 Å². The Labute approximate surface area is 300 Å². The lowest BCUT2D eigenvalue weighted by Crippen LogP contribution is -2.57. The highest BCUT2D eigenvalue weighted by Crippen LogP contribution is 2.16. The number of amides is 4. The summed E-state index contributed by atoms with van der Waals surface area (Å²) in [5, 5.41) is 20.6. The van der Waals surface area contributed by atoms with E-state index in [0.717, 1.165) is 34.5 Å². The van der Waals surface area contributed by atoms with Gasteiger partial charge in [-0.3, -0.25) is 14.8 Å². The molecule has 0 aliphatic rings. The van der Waals surface area contributed by atoms with Gasteiger partial charge in [-0.1, -0.05) is 93.6 Å². The number of benzene rings is 2. The zero-order valence-electron chi connectivity index (χ0n) is 29.9. The molecule has 4 amide bonds. The Hall–Kier alpha value is -5.29. The van der Waals surface area contributed by atoms with Crippen LogP contribution in [0, 0.1) is 5.92 Å². The van der Waals surface area contributed by atoms with E-state index in [2.05, 4.69) is 25.9 Å². The van der Waals surface area contributed by atoms with E-state index in [1.54, 1.807) is 25.5 Å². The number of hydrogen-bond donors (Lipinski definition) is 4. The molecule has 2 heterocycles. The van der Waals surface area contributed by atoms with Crippen LogP contribution >= 0.6 is 0 Å². The molecule has 11 nitrogen and oxygen atoms in total. The number of rotatable bonds is 17. The number of urea groups is 1. The Morgan fingerprint density at radius 3 is 2.08 bits per heavy atom. The normalized spacial score (nSPS) is 13.4. The minimum absolute atomic E-state index is 0.0477. The highest BCUT2D eigenvalue weighted by molar-refractivity contribution is 5.87. The van der Waals surface area contributed by atoms with E-state index >= 15 is 0 Å². The van der Waals surface area contributed by atoms with E-state index < -0.39 is 42.3 Å². The molecule has 0 saturated carbocycles. The van der Waals surface area contributed by atoms with Crippen LogP contribution < -0.4 is 16.0 Å². The van der Waals surface area contributed by atoms with E-state index in [1.165, 1.54) is 4.90 Å². The third-order valence-electron chi connectivity index (χ3n) is 8.56. The molecule has 0 aliphatic heterocycles. The number of carbonyl (C=O) groups excluding carboxylic acids is 3. The van der Waals surface area contributed by atoms with Gasteiger partial charge in [-0.05, 0) is 60.9 Å². The van der Waals surface area contributed by atoms with Crippen LogP contribution in [0.3, 0.4) is 0 Å². The molecule has 0 aliphatic carbocycles. The van der Waals surface area contributed by atoms with Gasteiger partial charge in [-0.15, -0.1) is 0 Å². The van der Waals surface area contributed by atoms with Gasteiger partial charge in [0.1, 0.15) is 12.6 Å². The maximum atomic E-state index is 13.9. The van der Waals surface area contributed by atoms with E-state index in [9.17, 15) is 19.5 Å². The fourth-order valence-electron chi connectivity index (χ4n) is 5.72. The summed E-state index contributed by atoms with van der Waals surface area (Å²) >= 11 is 0. The first-order valence-corrected chi connectivity index (χ1v) is 17.5. The van der Waals surface area contributed by atoms with E-state index in [-0.39, 0.29) is 25.5 Å². The molecule has 0 saturated heterocycles. The number of nitrogens with zero attached hydrogens (tertiary/aromatic N) is 3. The summed E-state index contributed by atoms with van der Waals surface area (Å²) < 4.78 is 5.47. The fourth-order valence-corrected chi connectivity index (χ4v) is 5.72. The number of pyridine rings is 2. The molecule has 0 radical (unpaired) electrons. The van der Waals surface area contributed by atoms with Gasteiger partial charge >= 0.3 is 12.1 Å². The summed E-state index contributed by atoms with van der Waals surface area (Å²) in [6.45, 7) is 6.07. The topological polar surface area (TPSA) is 146 Å². The predicted octanol–water partition coefficient (Wildman–Crippen LogP) is 5.22. The molecule has 0 spiro atoms. The molecule has 0 bridgehead atoms. The smallest absolute Gasteiger partial charge is 0.407 e. The Morgan fingerprint density at radius 2 is 1.45 bits per heavy atom. The average Bonchev–Trinajstić information content (AvgIpc) is 3.13. The maximum absolute atomic E-state index is 13.9. The van der Waals surface area contributed by atoms with Crippen molar-refractivity contribution in [2.75, 3.05) is 7.05 Å². The van der Waals surface area contributed by atoms with E-state index in [4.69, 9.17) is 4.74 Å². The number of nitrogens with one attached hydrogen (secondary N) is 3. The number of aromatic nitrogens is 2. The highest BCUT2D eigenvalue weighted by atomic mass is 16.5. The summed E-state index contributed by atoms with van der Waals surface area (Å²) in [4.78, 5) is 50.3. The van der Waals surface area contributed by atoms with Gasteiger partial charge in [0.2, 0.25) is 5.91 Å². The van der Waals surface area contributed by atoms with Crippen LogP contribution in [0.15, 0.2) is 103 Å². The Balaban J connectivity index is 1.47. The quantitative estimate of drug-likeness (QED) is 0.119. The third kappa shape index (κ3) is 12.8. The van der Waals surface area contributed by atoms with Crippen molar-refractivity contribution in [3.05, 3.63) is 131 Å². The first-order chi connectivity index (χ1) is 24.6. The second-order valence-corrected chi connectivity index (χ2v) is 13.1. The van der Waals surface area contributed by atoms with Gasteiger partial charge in [0.25, 0.3) is 0 Å². The van der Waals surface area contributed by atoms with Crippen LogP contribution in [0.25, 0.3) is 0 Å². The lowest BCUT2D eigenvalue weighted by atomic mass is 9.93. The summed E-state index contributed by atoms with van der Waals surface area (Å²) in [6, 6.07) is 26.0. The summed E-state index contributed by atoms with van der Waals surface area (Å²) in [6.07, 6.45) is 3.25. The molecule has 1 unspecified atom stereocenters. The van der Waals surface area contributed by atoms with Gasteiger partial charge in [-0.25, -0.2) is 9.59 Å². The predicted molar refractivity (Wildman–Crippen MR) is 196 cm³/mol. The summed E-state index contributed by atoms with van der Waals surface area (Å²) in [5.74, 6) is -0.665. The average molecular weight is 695 g/mol. The second-order valence-electron chi connectivity index (χ2n) is 13.1. The molecule has 270 valence electrons. The van der Waals surface area contributed by atoms with Crippen LogP contribution in [-0.2, 0) is 41.9 Å². The van der Waals surface area contributed by atoms with Crippen LogP contribution in [0.2, 0.25) is 0 Å². The molecule has 2 aromatic carbocycles. The van der Waals surface area contributed by atoms with Crippen molar-refractivity contribution >= 4 is 18.0 Å². The van der Waals surface area contributed by atoms with Crippen molar-refractivity contribution in [3.63, 3.8) is 0 Å².